The first-order valence-corrected chi connectivity index (χ1v) is 6.79. The summed E-state index contributed by atoms with van der Waals surface area (Å²) < 4.78 is 0. The summed E-state index contributed by atoms with van der Waals surface area (Å²) in [5.74, 6) is 0.0668. The van der Waals surface area contributed by atoms with Crippen molar-refractivity contribution in [2.24, 2.45) is 0 Å². The van der Waals surface area contributed by atoms with E-state index in [9.17, 15) is 9.90 Å². The Morgan fingerprint density at radius 2 is 1.95 bits per heavy atom. The summed E-state index contributed by atoms with van der Waals surface area (Å²) in [5, 5.41) is 13.5. The third-order valence-corrected chi connectivity index (χ3v) is 3.75. The van der Waals surface area contributed by atoms with E-state index in [0.717, 1.165) is 25.9 Å². The van der Waals surface area contributed by atoms with Crippen LogP contribution in [0.5, 0.6) is 0 Å². The van der Waals surface area contributed by atoms with E-state index in [1.165, 1.54) is 0 Å². The molecule has 0 bridgehead atoms. The molecule has 2 N–H and O–H groups in total. The number of nitrogens with zero attached hydrogens (tertiary/aromatic N) is 1. The van der Waals surface area contributed by atoms with Gasteiger partial charge in [0.1, 0.15) is 0 Å². The number of carbonyl (C=O) groups is 1. The molecule has 4 heteroatoms. The Morgan fingerprint density at radius 1 is 1.32 bits per heavy atom. The summed E-state index contributed by atoms with van der Waals surface area (Å²) in [6.45, 7) is 2.58. The average Bonchev–Trinajstić information content (AvgIpc) is 2.43. The lowest BCUT2D eigenvalue weighted by Gasteiger charge is -2.36. The molecule has 1 aliphatic rings. The number of nitrogens with one attached hydrogen (secondary N) is 1. The molecule has 104 valence electrons. The number of Topliss-reactive ketones (excluding diaryl/α,β-unsaturated/α-hetero) is 1. The van der Waals surface area contributed by atoms with Gasteiger partial charge in [-0.1, -0.05) is 30.3 Å². The highest BCUT2D eigenvalue weighted by Gasteiger charge is 2.30. The van der Waals surface area contributed by atoms with Crippen LogP contribution < -0.4 is 5.32 Å². The number of likely N-dealkylation sites (tertiary alicyclic amines) is 1. The molecule has 0 spiro atoms. The lowest BCUT2D eigenvalue weighted by atomic mass is 9.91. The van der Waals surface area contributed by atoms with E-state index in [1.54, 1.807) is 0 Å². The number of aliphatic hydroxyl groups is 1. The second-order valence-corrected chi connectivity index (χ2v) is 5.42. The van der Waals surface area contributed by atoms with Crippen molar-refractivity contribution in [2.45, 2.75) is 18.4 Å². The molecule has 19 heavy (non-hydrogen) atoms. The highest BCUT2D eigenvalue weighted by molar-refractivity contribution is 5.97. The second kappa shape index (κ2) is 6.28. The van der Waals surface area contributed by atoms with E-state index in [0.29, 0.717) is 12.1 Å². The molecule has 0 atom stereocenters. The Kier molecular flexibility index (Phi) is 4.69. The van der Waals surface area contributed by atoms with Gasteiger partial charge in [0.15, 0.2) is 5.78 Å². The topological polar surface area (TPSA) is 52.6 Å². The number of hydrogen-bond acceptors (Lipinski definition) is 4. The fourth-order valence-electron chi connectivity index (χ4n) is 2.35. The lowest BCUT2D eigenvalue weighted by Crippen LogP contribution is -2.49. The van der Waals surface area contributed by atoms with E-state index in [1.807, 2.05) is 30.3 Å². The van der Waals surface area contributed by atoms with Crippen LogP contribution in [0.4, 0.5) is 0 Å². The molecule has 0 unspecified atom stereocenters. The zero-order valence-electron chi connectivity index (χ0n) is 11.4. The van der Waals surface area contributed by atoms with Crippen molar-refractivity contribution in [3.8, 4) is 0 Å². The van der Waals surface area contributed by atoms with Gasteiger partial charge < -0.3 is 15.3 Å². The summed E-state index contributed by atoms with van der Waals surface area (Å²) in [4.78, 5) is 14.1. The average molecular weight is 262 g/mol. The monoisotopic (exact) mass is 262 g/mol. The quantitative estimate of drug-likeness (QED) is 0.775. The van der Waals surface area contributed by atoms with Crippen LogP contribution in [0.3, 0.4) is 0 Å². The third-order valence-electron chi connectivity index (χ3n) is 3.75. The van der Waals surface area contributed by atoms with Gasteiger partial charge in [-0.2, -0.15) is 0 Å². The molecule has 0 aromatic heterocycles. The Hall–Kier alpha value is -1.23. The molecule has 1 fully saturated rings. The molecule has 1 heterocycles. The zero-order chi connectivity index (χ0) is 13.7. The van der Waals surface area contributed by atoms with Gasteiger partial charge in [0.05, 0.1) is 12.1 Å². The maximum atomic E-state index is 11.9. The molecule has 2 rings (SSSR count). The van der Waals surface area contributed by atoms with Crippen LogP contribution in [0.15, 0.2) is 30.3 Å². The first kappa shape index (κ1) is 14.2. The fourth-order valence-corrected chi connectivity index (χ4v) is 2.35. The number of piperidine rings is 1. The first-order valence-electron chi connectivity index (χ1n) is 6.79. The van der Waals surface area contributed by atoms with Crippen molar-refractivity contribution in [1.29, 1.82) is 0 Å². The number of rotatable bonds is 5. The van der Waals surface area contributed by atoms with E-state index < -0.39 is 5.60 Å². The van der Waals surface area contributed by atoms with Crippen molar-refractivity contribution in [3.05, 3.63) is 35.9 Å². The van der Waals surface area contributed by atoms with Crippen LogP contribution in [0, 0.1) is 0 Å². The van der Waals surface area contributed by atoms with Gasteiger partial charge in [0, 0.05) is 25.2 Å². The molecule has 1 aromatic rings. The van der Waals surface area contributed by atoms with Gasteiger partial charge in [0.25, 0.3) is 0 Å². The van der Waals surface area contributed by atoms with E-state index >= 15 is 0 Å². The Labute approximate surface area is 114 Å². The maximum Gasteiger partial charge on any atom is 0.176 e. The molecule has 4 nitrogen and oxygen atoms in total. The number of carbonyl (C=O) groups excluding carboxylic acids is 1. The van der Waals surface area contributed by atoms with Gasteiger partial charge in [-0.3, -0.25) is 4.79 Å². The zero-order valence-corrected chi connectivity index (χ0v) is 11.4. The standard InChI is InChI=1S/C15H22N2O2/c1-17-9-7-15(19,8-10-17)12-16-11-14(18)13-5-3-2-4-6-13/h2-6,16,19H,7-12H2,1H3. The minimum atomic E-state index is -0.663. The van der Waals surface area contributed by atoms with Crippen LogP contribution in [-0.4, -0.2) is 54.6 Å². The summed E-state index contributed by atoms with van der Waals surface area (Å²) in [5.41, 5.74) is 0.0501. The van der Waals surface area contributed by atoms with Gasteiger partial charge in [0.2, 0.25) is 0 Å². The number of hydrogen-bond donors (Lipinski definition) is 2. The largest absolute Gasteiger partial charge is 0.388 e. The van der Waals surface area contributed by atoms with Crippen molar-refractivity contribution in [1.82, 2.24) is 10.2 Å². The Balaban J connectivity index is 1.76. The highest BCUT2D eigenvalue weighted by Crippen LogP contribution is 2.20. The fraction of sp³-hybridized carbons (Fsp3) is 0.533. The summed E-state index contributed by atoms with van der Waals surface area (Å²) in [6.07, 6.45) is 1.52. The lowest BCUT2D eigenvalue weighted by molar-refractivity contribution is -0.0138. The van der Waals surface area contributed by atoms with Gasteiger partial charge in [-0.15, -0.1) is 0 Å². The van der Waals surface area contributed by atoms with Crippen molar-refractivity contribution >= 4 is 5.78 Å². The molecule has 1 aliphatic heterocycles. The van der Waals surface area contributed by atoms with Crippen LogP contribution in [0.1, 0.15) is 23.2 Å². The second-order valence-electron chi connectivity index (χ2n) is 5.42. The predicted octanol–water partition coefficient (Wildman–Crippen LogP) is 0.916. The molecule has 1 aromatic carbocycles. The SMILES string of the molecule is CN1CCC(O)(CNCC(=O)c2ccccc2)CC1. The molecule has 1 saturated heterocycles. The molecule has 0 aliphatic carbocycles. The predicted molar refractivity (Wildman–Crippen MR) is 75.3 cm³/mol. The van der Waals surface area contributed by atoms with E-state index in [2.05, 4.69) is 17.3 Å². The summed E-state index contributed by atoms with van der Waals surface area (Å²) in [6, 6.07) is 9.24. The first-order chi connectivity index (χ1) is 9.09. The Bertz CT molecular complexity index is 411. The Morgan fingerprint density at radius 3 is 2.58 bits per heavy atom. The molecule has 0 radical (unpaired) electrons. The van der Waals surface area contributed by atoms with E-state index in [4.69, 9.17) is 0 Å². The number of benzene rings is 1. The van der Waals surface area contributed by atoms with Crippen molar-refractivity contribution in [2.75, 3.05) is 33.2 Å². The van der Waals surface area contributed by atoms with Gasteiger partial charge in [-0.05, 0) is 19.9 Å². The smallest absolute Gasteiger partial charge is 0.176 e. The summed E-state index contributed by atoms with van der Waals surface area (Å²) in [7, 11) is 2.06. The molecular weight excluding hydrogens is 240 g/mol. The van der Waals surface area contributed by atoms with Crippen LogP contribution in [0.25, 0.3) is 0 Å². The highest BCUT2D eigenvalue weighted by atomic mass is 16.3. The third kappa shape index (κ3) is 4.13. The minimum absolute atomic E-state index is 0.0668. The summed E-state index contributed by atoms with van der Waals surface area (Å²) >= 11 is 0. The van der Waals surface area contributed by atoms with Crippen molar-refractivity contribution in [3.63, 3.8) is 0 Å². The normalized spacial score (nSPS) is 19.3. The molecule has 0 amide bonds. The van der Waals surface area contributed by atoms with Gasteiger partial charge in [-0.25, -0.2) is 0 Å². The van der Waals surface area contributed by atoms with Crippen molar-refractivity contribution < 1.29 is 9.90 Å². The minimum Gasteiger partial charge on any atom is -0.388 e. The van der Waals surface area contributed by atoms with Gasteiger partial charge >= 0.3 is 0 Å². The molecular formula is C15H22N2O2. The van der Waals surface area contributed by atoms with E-state index in [-0.39, 0.29) is 12.3 Å². The number of ketones is 1. The van der Waals surface area contributed by atoms with Crippen LogP contribution in [-0.2, 0) is 0 Å². The van der Waals surface area contributed by atoms with Crippen LogP contribution >= 0.6 is 0 Å². The van der Waals surface area contributed by atoms with Crippen LogP contribution in [0.2, 0.25) is 0 Å². The molecule has 0 saturated carbocycles. The maximum absolute atomic E-state index is 11.9.